The first-order valence-corrected chi connectivity index (χ1v) is 7.23. The van der Waals surface area contributed by atoms with E-state index in [2.05, 4.69) is 24.9 Å². The minimum Gasteiger partial charge on any atom is -0.489 e. The number of rotatable bonds is 4. The van der Waals surface area contributed by atoms with Crippen LogP contribution in [0.1, 0.15) is 40.8 Å². The van der Waals surface area contributed by atoms with E-state index in [1.165, 1.54) is 15.3 Å². The van der Waals surface area contributed by atoms with Crippen LogP contribution in [0.2, 0.25) is 0 Å². The molecule has 0 radical (unpaired) electrons. The molecular weight excluding hydrogens is 256 g/mol. The minimum atomic E-state index is -0.138. The van der Waals surface area contributed by atoms with Crippen LogP contribution in [0.25, 0.3) is 0 Å². The van der Waals surface area contributed by atoms with Gasteiger partial charge >= 0.3 is 0 Å². The van der Waals surface area contributed by atoms with Crippen molar-refractivity contribution in [1.82, 2.24) is 4.98 Å². The highest BCUT2D eigenvalue weighted by Gasteiger charge is 2.14. The van der Waals surface area contributed by atoms with E-state index in [1.807, 2.05) is 26.1 Å². The first-order chi connectivity index (χ1) is 8.97. The van der Waals surface area contributed by atoms with Crippen molar-refractivity contribution >= 4 is 11.3 Å². The van der Waals surface area contributed by atoms with E-state index < -0.39 is 0 Å². The van der Waals surface area contributed by atoms with Gasteiger partial charge in [0.15, 0.2) is 0 Å². The fourth-order valence-electron chi connectivity index (χ4n) is 1.86. The van der Waals surface area contributed by atoms with Gasteiger partial charge in [0.1, 0.15) is 5.75 Å². The van der Waals surface area contributed by atoms with Crippen LogP contribution < -0.4 is 10.5 Å². The number of aryl methyl sites for hydroxylation is 2. The molecule has 0 aliphatic rings. The molecule has 0 bridgehead atoms. The van der Waals surface area contributed by atoms with Crippen molar-refractivity contribution in [2.75, 3.05) is 0 Å². The first kappa shape index (κ1) is 14.0. The fourth-order valence-corrected chi connectivity index (χ4v) is 2.93. The van der Waals surface area contributed by atoms with E-state index in [0.717, 1.165) is 11.3 Å². The summed E-state index contributed by atoms with van der Waals surface area (Å²) >= 11 is 1.74. The van der Waals surface area contributed by atoms with Gasteiger partial charge in [-0.15, -0.1) is 11.3 Å². The van der Waals surface area contributed by atoms with E-state index in [9.17, 15) is 0 Å². The number of ether oxygens (including phenoxy) is 1. The highest BCUT2D eigenvalue weighted by Crippen LogP contribution is 2.30. The Morgan fingerprint density at radius 1 is 1.21 bits per heavy atom. The second kappa shape index (κ2) is 5.72. The Bertz CT molecular complexity index is 544. The van der Waals surface area contributed by atoms with Crippen LogP contribution in [0, 0.1) is 13.8 Å². The summed E-state index contributed by atoms with van der Waals surface area (Å²) in [6, 6.07) is 3.99. The van der Waals surface area contributed by atoms with Crippen molar-refractivity contribution in [1.29, 1.82) is 0 Å². The lowest BCUT2D eigenvalue weighted by Crippen LogP contribution is -2.12. The van der Waals surface area contributed by atoms with Gasteiger partial charge in [-0.25, -0.2) is 0 Å². The minimum absolute atomic E-state index is 0.138. The van der Waals surface area contributed by atoms with E-state index >= 15 is 0 Å². The Kier molecular flexibility index (Phi) is 4.22. The lowest BCUT2D eigenvalue weighted by atomic mass is 10.1. The number of hydrogen-bond donors (Lipinski definition) is 1. The maximum absolute atomic E-state index is 6.31. The summed E-state index contributed by atoms with van der Waals surface area (Å²) in [5, 5.41) is 0. The second-order valence-electron chi connectivity index (χ2n) is 4.99. The zero-order valence-corrected chi connectivity index (χ0v) is 12.6. The average molecular weight is 276 g/mol. The molecule has 1 unspecified atom stereocenters. The van der Waals surface area contributed by atoms with Crippen molar-refractivity contribution in [3.8, 4) is 5.75 Å². The van der Waals surface area contributed by atoms with Crippen LogP contribution in [-0.2, 0) is 0 Å². The standard InChI is InChI=1S/C15H20N2OS/c1-9(2)18-13-6-12(7-17-8-13)15(16)14-5-10(3)11(4)19-14/h5-9,15H,16H2,1-4H3. The molecular formula is C15H20N2OS. The van der Waals surface area contributed by atoms with E-state index in [0.29, 0.717) is 0 Å². The summed E-state index contributed by atoms with van der Waals surface area (Å²) in [7, 11) is 0. The Balaban J connectivity index is 2.25. The van der Waals surface area contributed by atoms with Crippen LogP contribution in [-0.4, -0.2) is 11.1 Å². The number of aromatic nitrogens is 1. The van der Waals surface area contributed by atoms with Gasteiger partial charge in [-0.05, 0) is 51.0 Å². The van der Waals surface area contributed by atoms with Crippen LogP contribution >= 0.6 is 11.3 Å². The lowest BCUT2D eigenvalue weighted by Gasteiger charge is -2.13. The van der Waals surface area contributed by atoms with Gasteiger partial charge in [0.05, 0.1) is 18.3 Å². The third-order valence-corrected chi connectivity index (χ3v) is 4.19. The highest BCUT2D eigenvalue weighted by atomic mass is 32.1. The molecule has 0 fully saturated rings. The number of hydrogen-bond acceptors (Lipinski definition) is 4. The van der Waals surface area contributed by atoms with E-state index in [-0.39, 0.29) is 12.1 Å². The topological polar surface area (TPSA) is 48.1 Å². The molecule has 0 aliphatic heterocycles. The molecule has 0 saturated heterocycles. The summed E-state index contributed by atoms with van der Waals surface area (Å²) < 4.78 is 5.66. The van der Waals surface area contributed by atoms with E-state index in [1.54, 1.807) is 17.5 Å². The molecule has 0 aliphatic carbocycles. The van der Waals surface area contributed by atoms with Gasteiger partial charge in [-0.3, -0.25) is 4.98 Å². The highest BCUT2D eigenvalue weighted by molar-refractivity contribution is 7.12. The number of thiophene rings is 1. The van der Waals surface area contributed by atoms with Gasteiger partial charge in [-0.2, -0.15) is 0 Å². The lowest BCUT2D eigenvalue weighted by molar-refractivity contribution is 0.241. The first-order valence-electron chi connectivity index (χ1n) is 6.41. The smallest absolute Gasteiger partial charge is 0.138 e. The molecule has 2 rings (SSSR count). The van der Waals surface area contributed by atoms with Crippen LogP contribution in [0.5, 0.6) is 5.75 Å². The van der Waals surface area contributed by atoms with E-state index in [4.69, 9.17) is 10.5 Å². The van der Waals surface area contributed by atoms with Crippen molar-refractivity contribution in [2.24, 2.45) is 5.73 Å². The summed E-state index contributed by atoms with van der Waals surface area (Å²) in [5.74, 6) is 0.771. The summed E-state index contributed by atoms with van der Waals surface area (Å²) in [5.41, 5.74) is 8.59. The SMILES string of the molecule is Cc1cc(C(N)c2cncc(OC(C)C)c2)sc1C. The Morgan fingerprint density at radius 2 is 1.95 bits per heavy atom. The summed E-state index contributed by atoms with van der Waals surface area (Å²) in [6.45, 7) is 8.22. The predicted molar refractivity (Wildman–Crippen MR) is 79.8 cm³/mol. The molecule has 2 N–H and O–H groups in total. The number of nitrogens with zero attached hydrogens (tertiary/aromatic N) is 1. The monoisotopic (exact) mass is 276 g/mol. The molecule has 2 aromatic heterocycles. The molecule has 102 valence electrons. The van der Waals surface area contributed by atoms with Crippen molar-refractivity contribution in [3.63, 3.8) is 0 Å². The normalized spacial score (nSPS) is 12.7. The molecule has 0 amide bonds. The van der Waals surface area contributed by atoms with Gasteiger partial charge in [0.25, 0.3) is 0 Å². The molecule has 2 heterocycles. The number of pyridine rings is 1. The van der Waals surface area contributed by atoms with Crippen molar-refractivity contribution in [3.05, 3.63) is 45.4 Å². The molecule has 2 aromatic rings. The fraction of sp³-hybridized carbons (Fsp3) is 0.400. The average Bonchev–Trinajstić information content (AvgIpc) is 2.68. The van der Waals surface area contributed by atoms with Crippen molar-refractivity contribution in [2.45, 2.75) is 39.8 Å². The van der Waals surface area contributed by atoms with Crippen LogP contribution in [0.15, 0.2) is 24.5 Å². The zero-order chi connectivity index (χ0) is 14.0. The molecule has 3 nitrogen and oxygen atoms in total. The third-order valence-electron chi connectivity index (χ3n) is 2.96. The predicted octanol–water partition coefficient (Wildman–Crippen LogP) is 3.60. The van der Waals surface area contributed by atoms with Gasteiger partial charge in [0, 0.05) is 16.0 Å². The molecule has 1 atom stereocenters. The molecule has 4 heteroatoms. The Morgan fingerprint density at radius 3 is 2.53 bits per heavy atom. The Hall–Kier alpha value is -1.39. The summed E-state index contributed by atoms with van der Waals surface area (Å²) in [4.78, 5) is 6.69. The Labute approximate surface area is 118 Å². The third kappa shape index (κ3) is 3.33. The quantitative estimate of drug-likeness (QED) is 0.928. The number of nitrogens with two attached hydrogens (primary N) is 1. The maximum atomic E-state index is 6.31. The van der Waals surface area contributed by atoms with Crippen LogP contribution in [0.4, 0.5) is 0 Å². The van der Waals surface area contributed by atoms with Gasteiger partial charge < -0.3 is 10.5 Å². The van der Waals surface area contributed by atoms with Crippen molar-refractivity contribution < 1.29 is 4.74 Å². The maximum Gasteiger partial charge on any atom is 0.138 e. The molecule has 0 aromatic carbocycles. The summed E-state index contributed by atoms with van der Waals surface area (Å²) in [6.07, 6.45) is 3.67. The zero-order valence-electron chi connectivity index (χ0n) is 11.8. The molecule has 0 saturated carbocycles. The molecule has 0 spiro atoms. The second-order valence-corrected chi connectivity index (χ2v) is 6.27. The van der Waals surface area contributed by atoms with Gasteiger partial charge in [0.2, 0.25) is 0 Å². The van der Waals surface area contributed by atoms with Gasteiger partial charge in [-0.1, -0.05) is 0 Å². The van der Waals surface area contributed by atoms with Crippen LogP contribution in [0.3, 0.4) is 0 Å². The molecule has 19 heavy (non-hydrogen) atoms. The largest absolute Gasteiger partial charge is 0.489 e.